The average molecular weight is 303 g/mol. The highest BCUT2D eigenvalue weighted by molar-refractivity contribution is 7.15. The first-order valence-electron chi connectivity index (χ1n) is 6.52. The maximum absolute atomic E-state index is 12.9. The Morgan fingerprint density at radius 3 is 2.71 bits per heavy atom. The number of hydrogen-bond acceptors (Lipinski definition) is 5. The standard InChI is InChI=1S/C14H14FN5S/c1-8-12(21-11(17-8)6-7-16)14-18-13(19-20-14)9-2-4-10(15)5-3-9/h2-5H,6-7,16H2,1H3,(H,18,19,20). The van der Waals surface area contributed by atoms with Gasteiger partial charge in [-0.05, 0) is 37.7 Å². The summed E-state index contributed by atoms with van der Waals surface area (Å²) in [5, 5.41) is 8.09. The van der Waals surface area contributed by atoms with Crippen molar-refractivity contribution in [3.63, 3.8) is 0 Å². The zero-order valence-corrected chi connectivity index (χ0v) is 12.2. The zero-order chi connectivity index (χ0) is 14.8. The van der Waals surface area contributed by atoms with E-state index in [-0.39, 0.29) is 5.82 Å². The highest BCUT2D eigenvalue weighted by atomic mass is 32.1. The molecule has 0 fully saturated rings. The van der Waals surface area contributed by atoms with Crippen LogP contribution in [0.25, 0.3) is 22.1 Å². The topological polar surface area (TPSA) is 80.5 Å². The van der Waals surface area contributed by atoms with E-state index < -0.39 is 0 Å². The number of hydrogen-bond donors (Lipinski definition) is 2. The minimum atomic E-state index is -0.278. The van der Waals surface area contributed by atoms with Crippen molar-refractivity contribution in [3.8, 4) is 22.1 Å². The molecule has 2 aromatic heterocycles. The molecule has 0 aliphatic heterocycles. The number of nitrogens with two attached hydrogens (primary N) is 1. The van der Waals surface area contributed by atoms with E-state index in [2.05, 4.69) is 20.2 Å². The third-order valence-electron chi connectivity index (χ3n) is 3.00. The second kappa shape index (κ2) is 5.71. The maximum Gasteiger partial charge on any atom is 0.181 e. The van der Waals surface area contributed by atoms with Crippen molar-refractivity contribution in [2.24, 2.45) is 5.73 Å². The van der Waals surface area contributed by atoms with Gasteiger partial charge in [0, 0.05) is 12.0 Å². The van der Waals surface area contributed by atoms with Crippen molar-refractivity contribution in [1.29, 1.82) is 0 Å². The molecule has 0 saturated heterocycles. The van der Waals surface area contributed by atoms with Crippen LogP contribution in [0.1, 0.15) is 10.7 Å². The second-order valence-corrected chi connectivity index (χ2v) is 5.66. The molecule has 0 spiro atoms. The van der Waals surface area contributed by atoms with Gasteiger partial charge in [-0.25, -0.2) is 14.4 Å². The molecule has 1 aromatic carbocycles. The third kappa shape index (κ3) is 2.84. The molecule has 7 heteroatoms. The Morgan fingerprint density at radius 1 is 1.24 bits per heavy atom. The molecule has 3 N–H and O–H groups in total. The Bertz CT molecular complexity index is 747. The number of nitrogens with one attached hydrogen (secondary N) is 1. The van der Waals surface area contributed by atoms with Crippen LogP contribution in [0.2, 0.25) is 0 Å². The summed E-state index contributed by atoms with van der Waals surface area (Å²) in [6.45, 7) is 2.51. The highest BCUT2D eigenvalue weighted by Gasteiger charge is 2.14. The van der Waals surface area contributed by atoms with Gasteiger partial charge in [0.1, 0.15) is 5.82 Å². The predicted octanol–water partition coefficient (Wildman–Crippen LogP) is 2.54. The summed E-state index contributed by atoms with van der Waals surface area (Å²) in [5.41, 5.74) is 7.23. The molecule has 3 aromatic rings. The van der Waals surface area contributed by atoms with Gasteiger partial charge in [-0.1, -0.05) is 0 Å². The van der Waals surface area contributed by atoms with E-state index in [4.69, 9.17) is 5.73 Å². The van der Waals surface area contributed by atoms with Crippen LogP contribution in [0.3, 0.4) is 0 Å². The number of nitrogens with zero attached hydrogens (tertiary/aromatic N) is 3. The molecule has 0 atom stereocenters. The van der Waals surface area contributed by atoms with Crippen LogP contribution in [0.5, 0.6) is 0 Å². The fourth-order valence-corrected chi connectivity index (χ4v) is 3.01. The first-order chi connectivity index (χ1) is 10.2. The van der Waals surface area contributed by atoms with E-state index in [9.17, 15) is 4.39 Å². The fraction of sp³-hybridized carbons (Fsp3) is 0.214. The minimum absolute atomic E-state index is 0.278. The van der Waals surface area contributed by atoms with Gasteiger partial charge in [0.15, 0.2) is 11.6 Å². The molecule has 0 aliphatic carbocycles. The van der Waals surface area contributed by atoms with Crippen molar-refractivity contribution in [2.75, 3.05) is 6.54 Å². The zero-order valence-electron chi connectivity index (χ0n) is 11.4. The van der Waals surface area contributed by atoms with Crippen LogP contribution >= 0.6 is 11.3 Å². The van der Waals surface area contributed by atoms with Crippen LogP contribution in [0.4, 0.5) is 4.39 Å². The molecule has 0 unspecified atom stereocenters. The molecule has 0 bridgehead atoms. The van der Waals surface area contributed by atoms with Crippen LogP contribution < -0.4 is 5.73 Å². The molecule has 2 heterocycles. The van der Waals surface area contributed by atoms with Crippen molar-refractivity contribution < 1.29 is 4.39 Å². The lowest BCUT2D eigenvalue weighted by atomic mass is 10.2. The second-order valence-electron chi connectivity index (χ2n) is 4.58. The van der Waals surface area contributed by atoms with E-state index in [0.29, 0.717) is 18.2 Å². The highest BCUT2D eigenvalue weighted by Crippen LogP contribution is 2.28. The van der Waals surface area contributed by atoms with Crippen molar-refractivity contribution in [3.05, 3.63) is 40.8 Å². The van der Waals surface area contributed by atoms with Crippen molar-refractivity contribution in [1.82, 2.24) is 20.2 Å². The number of thiazole rings is 1. The number of aryl methyl sites for hydroxylation is 1. The summed E-state index contributed by atoms with van der Waals surface area (Å²) in [5.74, 6) is 0.935. The van der Waals surface area contributed by atoms with Gasteiger partial charge in [0.2, 0.25) is 0 Å². The van der Waals surface area contributed by atoms with Crippen LogP contribution in [0, 0.1) is 12.7 Å². The predicted molar refractivity (Wildman–Crippen MR) is 80.4 cm³/mol. The average Bonchev–Trinajstić information content (AvgIpc) is 3.07. The molecule has 21 heavy (non-hydrogen) atoms. The van der Waals surface area contributed by atoms with Gasteiger partial charge in [0.25, 0.3) is 0 Å². The van der Waals surface area contributed by atoms with E-state index in [1.807, 2.05) is 6.92 Å². The summed E-state index contributed by atoms with van der Waals surface area (Å²) >= 11 is 1.56. The SMILES string of the molecule is Cc1nc(CCN)sc1-c1nc(-c2ccc(F)cc2)n[nH]1. The van der Waals surface area contributed by atoms with Gasteiger partial charge in [-0.15, -0.1) is 11.3 Å². The fourth-order valence-electron chi connectivity index (χ4n) is 1.99. The Balaban J connectivity index is 1.92. The van der Waals surface area contributed by atoms with E-state index in [1.54, 1.807) is 23.5 Å². The van der Waals surface area contributed by atoms with Gasteiger partial charge in [-0.2, -0.15) is 5.10 Å². The van der Waals surface area contributed by atoms with Crippen molar-refractivity contribution >= 4 is 11.3 Å². The number of aromatic nitrogens is 4. The smallest absolute Gasteiger partial charge is 0.181 e. The molecule has 5 nitrogen and oxygen atoms in total. The van der Waals surface area contributed by atoms with Gasteiger partial charge < -0.3 is 5.73 Å². The summed E-state index contributed by atoms with van der Waals surface area (Å²) < 4.78 is 12.9. The molecule has 0 radical (unpaired) electrons. The summed E-state index contributed by atoms with van der Waals surface area (Å²) in [7, 11) is 0. The molecular formula is C14H14FN5S. The molecule has 108 valence electrons. The lowest BCUT2D eigenvalue weighted by Gasteiger charge is -1.93. The molecule has 0 amide bonds. The van der Waals surface area contributed by atoms with E-state index >= 15 is 0 Å². The van der Waals surface area contributed by atoms with Crippen LogP contribution in [0.15, 0.2) is 24.3 Å². The first-order valence-corrected chi connectivity index (χ1v) is 7.34. The monoisotopic (exact) mass is 303 g/mol. The number of halogens is 1. The number of H-pyrrole nitrogens is 1. The van der Waals surface area contributed by atoms with Gasteiger partial charge >= 0.3 is 0 Å². The largest absolute Gasteiger partial charge is 0.330 e. The lowest BCUT2D eigenvalue weighted by Crippen LogP contribution is -2.01. The molecular weight excluding hydrogens is 289 g/mol. The Labute approximate surface area is 125 Å². The first kappa shape index (κ1) is 13.8. The van der Waals surface area contributed by atoms with Crippen LogP contribution in [-0.4, -0.2) is 26.7 Å². The normalized spacial score (nSPS) is 11.0. The Morgan fingerprint density at radius 2 is 2.00 bits per heavy atom. The summed E-state index contributed by atoms with van der Waals surface area (Å²) in [6, 6.07) is 6.09. The molecule has 0 aliphatic rings. The maximum atomic E-state index is 12.9. The summed E-state index contributed by atoms with van der Waals surface area (Å²) in [6.07, 6.45) is 0.754. The summed E-state index contributed by atoms with van der Waals surface area (Å²) in [4.78, 5) is 9.89. The van der Waals surface area contributed by atoms with Crippen LogP contribution in [-0.2, 0) is 6.42 Å². The minimum Gasteiger partial charge on any atom is -0.330 e. The molecule has 0 saturated carbocycles. The van der Waals surface area contributed by atoms with Gasteiger partial charge in [0.05, 0.1) is 15.6 Å². The Kier molecular flexibility index (Phi) is 3.76. The van der Waals surface area contributed by atoms with Crippen molar-refractivity contribution in [2.45, 2.75) is 13.3 Å². The third-order valence-corrected chi connectivity index (χ3v) is 4.23. The van der Waals surface area contributed by atoms with E-state index in [1.165, 1.54) is 12.1 Å². The number of aromatic amines is 1. The number of rotatable bonds is 4. The molecule has 3 rings (SSSR count). The number of benzene rings is 1. The Hall–Kier alpha value is -2.12. The quantitative estimate of drug-likeness (QED) is 0.776. The van der Waals surface area contributed by atoms with Gasteiger partial charge in [-0.3, -0.25) is 5.10 Å². The lowest BCUT2D eigenvalue weighted by molar-refractivity contribution is 0.628. The van der Waals surface area contributed by atoms with E-state index in [0.717, 1.165) is 27.6 Å².